The van der Waals surface area contributed by atoms with Gasteiger partial charge >= 0.3 is 5.97 Å². The number of carbonyl (C=O) groups is 1. The summed E-state index contributed by atoms with van der Waals surface area (Å²) in [7, 11) is 0. The first-order chi connectivity index (χ1) is 6.21. The molecule has 1 aliphatic rings. The average Bonchev–Trinajstić information content (AvgIpc) is 2.16. The van der Waals surface area contributed by atoms with E-state index in [1.807, 2.05) is 11.8 Å². The van der Waals surface area contributed by atoms with Gasteiger partial charge in [0.25, 0.3) is 0 Å². The SMILES string of the molecule is C=CCNC1(C(=O)O)CCSCC1. The Morgan fingerprint density at radius 2 is 2.23 bits per heavy atom. The molecular formula is C9H15NO2S. The molecule has 3 nitrogen and oxygen atoms in total. The molecule has 0 saturated carbocycles. The lowest BCUT2D eigenvalue weighted by molar-refractivity contribution is -0.145. The van der Waals surface area contributed by atoms with Crippen LogP contribution in [0.15, 0.2) is 12.7 Å². The predicted octanol–water partition coefficient (Wildman–Crippen LogP) is 1.11. The molecule has 0 aromatic heterocycles. The van der Waals surface area contributed by atoms with Crippen LogP contribution in [0.3, 0.4) is 0 Å². The van der Waals surface area contributed by atoms with E-state index in [1.54, 1.807) is 6.08 Å². The van der Waals surface area contributed by atoms with Gasteiger partial charge in [-0.2, -0.15) is 11.8 Å². The minimum absolute atomic E-state index is 0.566. The van der Waals surface area contributed by atoms with Crippen molar-refractivity contribution < 1.29 is 9.90 Å². The molecule has 2 N–H and O–H groups in total. The van der Waals surface area contributed by atoms with E-state index in [9.17, 15) is 4.79 Å². The summed E-state index contributed by atoms with van der Waals surface area (Å²) in [6, 6.07) is 0. The maximum absolute atomic E-state index is 11.1. The highest BCUT2D eigenvalue weighted by molar-refractivity contribution is 7.99. The third kappa shape index (κ3) is 2.48. The van der Waals surface area contributed by atoms with Crippen molar-refractivity contribution in [3.8, 4) is 0 Å². The first-order valence-electron chi connectivity index (χ1n) is 4.38. The molecule has 0 bridgehead atoms. The van der Waals surface area contributed by atoms with Crippen molar-refractivity contribution in [1.82, 2.24) is 5.32 Å². The molecule has 0 spiro atoms. The molecule has 74 valence electrons. The largest absolute Gasteiger partial charge is 0.480 e. The van der Waals surface area contributed by atoms with Crippen LogP contribution < -0.4 is 5.32 Å². The van der Waals surface area contributed by atoms with E-state index < -0.39 is 11.5 Å². The van der Waals surface area contributed by atoms with Crippen molar-refractivity contribution in [1.29, 1.82) is 0 Å². The van der Waals surface area contributed by atoms with Crippen LogP contribution >= 0.6 is 11.8 Å². The molecule has 0 aliphatic carbocycles. The van der Waals surface area contributed by atoms with E-state index in [0.717, 1.165) is 11.5 Å². The topological polar surface area (TPSA) is 49.3 Å². The lowest BCUT2D eigenvalue weighted by atomic mass is 9.92. The lowest BCUT2D eigenvalue weighted by Crippen LogP contribution is -2.54. The van der Waals surface area contributed by atoms with E-state index >= 15 is 0 Å². The van der Waals surface area contributed by atoms with Crippen molar-refractivity contribution in [2.75, 3.05) is 18.1 Å². The van der Waals surface area contributed by atoms with E-state index in [-0.39, 0.29) is 0 Å². The number of rotatable bonds is 4. The Labute approximate surface area is 82.6 Å². The van der Waals surface area contributed by atoms with E-state index in [4.69, 9.17) is 5.11 Å². The monoisotopic (exact) mass is 201 g/mol. The van der Waals surface area contributed by atoms with Crippen molar-refractivity contribution in [2.24, 2.45) is 0 Å². The van der Waals surface area contributed by atoms with Crippen LogP contribution in [0.25, 0.3) is 0 Å². The van der Waals surface area contributed by atoms with Gasteiger partial charge in [-0.25, -0.2) is 0 Å². The normalized spacial score (nSPS) is 20.9. The summed E-state index contributed by atoms with van der Waals surface area (Å²) in [4.78, 5) is 11.1. The molecule has 1 aliphatic heterocycles. The van der Waals surface area contributed by atoms with Crippen LogP contribution in [0.1, 0.15) is 12.8 Å². The van der Waals surface area contributed by atoms with Crippen LogP contribution in [0.5, 0.6) is 0 Å². The second-order valence-corrected chi connectivity index (χ2v) is 4.39. The molecule has 1 heterocycles. The molecule has 4 heteroatoms. The molecular weight excluding hydrogens is 186 g/mol. The number of nitrogens with one attached hydrogen (secondary N) is 1. The highest BCUT2D eigenvalue weighted by Gasteiger charge is 2.38. The fourth-order valence-electron chi connectivity index (χ4n) is 1.45. The highest BCUT2D eigenvalue weighted by atomic mass is 32.2. The Balaban J connectivity index is 2.61. The number of thioether (sulfide) groups is 1. The molecule has 0 radical (unpaired) electrons. The minimum Gasteiger partial charge on any atom is -0.480 e. The van der Waals surface area contributed by atoms with Crippen molar-refractivity contribution >= 4 is 17.7 Å². The molecule has 1 rings (SSSR count). The van der Waals surface area contributed by atoms with Crippen molar-refractivity contribution in [2.45, 2.75) is 18.4 Å². The third-order valence-electron chi connectivity index (χ3n) is 2.34. The van der Waals surface area contributed by atoms with Gasteiger partial charge in [-0.3, -0.25) is 10.1 Å². The summed E-state index contributed by atoms with van der Waals surface area (Å²) in [6.07, 6.45) is 3.12. The van der Waals surface area contributed by atoms with E-state index in [1.165, 1.54) is 0 Å². The number of carboxylic acids is 1. The summed E-state index contributed by atoms with van der Waals surface area (Å²) in [5.74, 6) is 1.13. The van der Waals surface area contributed by atoms with Gasteiger partial charge in [0, 0.05) is 6.54 Å². The fourth-order valence-corrected chi connectivity index (χ4v) is 2.64. The van der Waals surface area contributed by atoms with Crippen LogP contribution in [-0.4, -0.2) is 34.7 Å². The number of hydrogen-bond donors (Lipinski definition) is 2. The lowest BCUT2D eigenvalue weighted by Gasteiger charge is -2.33. The second kappa shape index (κ2) is 4.67. The maximum Gasteiger partial charge on any atom is 0.323 e. The van der Waals surface area contributed by atoms with E-state index in [2.05, 4.69) is 11.9 Å². The summed E-state index contributed by atoms with van der Waals surface area (Å²) >= 11 is 1.82. The van der Waals surface area contributed by atoms with Gasteiger partial charge in [0.05, 0.1) is 0 Å². The zero-order valence-corrected chi connectivity index (χ0v) is 8.40. The molecule has 13 heavy (non-hydrogen) atoms. The standard InChI is InChI=1S/C9H15NO2S/c1-2-5-10-9(8(11)12)3-6-13-7-4-9/h2,10H,1,3-7H2,(H,11,12). The second-order valence-electron chi connectivity index (χ2n) is 3.17. The molecule has 1 fully saturated rings. The van der Waals surface area contributed by atoms with Gasteiger partial charge in [-0.1, -0.05) is 6.08 Å². The highest BCUT2D eigenvalue weighted by Crippen LogP contribution is 2.27. The number of carboxylic acid groups (broad SMARTS) is 1. The Kier molecular flexibility index (Phi) is 3.81. The van der Waals surface area contributed by atoms with E-state index in [0.29, 0.717) is 19.4 Å². The van der Waals surface area contributed by atoms with Crippen molar-refractivity contribution in [3.63, 3.8) is 0 Å². The summed E-state index contributed by atoms with van der Waals surface area (Å²) < 4.78 is 0. The molecule has 0 amide bonds. The Morgan fingerprint density at radius 3 is 2.69 bits per heavy atom. The first-order valence-corrected chi connectivity index (χ1v) is 5.54. The molecule has 0 aromatic rings. The van der Waals surface area contributed by atoms with Gasteiger partial charge in [0.2, 0.25) is 0 Å². The zero-order valence-electron chi connectivity index (χ0n) is 7.58. The van der Waals surface area contributed by atoms with Crippen molar-refractivity contribution in [3.05, 3.63) is 12.7 Å². The number of aliphatic carboxylic acids is 1. The summed E-state index contributed by atoms with van der Waals surface area (Å²) in [5, 5.41) is 12.2. The van der Waals surface area contributed by atoms with Gasteiger partial charge in [0.15, 0.2) is 0 Å². The average molecular weight is 201 g/mol. The third-order valence-corrected chi connectivity index (χ3v) is 3.33. The number of hydrogen-bond acceptors (Lipinski definition) is 3. The minimum atomic E-state index is -0.727. The molecule has 1 saturated heterocycles. The Bertz CT molecular complexity index is 200. The quantitative estimate of drug-likeness (QED) is 0.669. The van der Waals surface area contributed by atoms with Crippen LogP contribution in [0.2, 0.25) is 0 Å². The molecule has 0 atom stereocenters. The van der Waals surface area contributed by atoms with Gasteiger partial charge in [0.1, 0.15) is 5.54 Å². The molecule has 0 aromatic carbocycles. The Morgan fingerprint density at radius 1 is 1.62 bits per heavy atom. The predicted molar refractivity (Wildman–Crippen MR) is 55.1 cm³/mol. The van der Waals surface area contributed by atoms with Crippen LogP contribution in [0.4, 0.5) is 0 Å². The smallest absolute Gasteiger partial charge is 0.323 e. The van der Waals surface area contributed by atoms with Gasteiger partial charge in [-0.15, -0.1) is 6.58 Å². The maximum atomic E-state index is 11.1. The fraction of sp³-hybridized carbons (Fsp3) is 0.667. The molecule has 0 unspecified atom stereocenters. The van der Waals surface area contributed by atoms with Crippen LogP contribution in [0, 0.1) is 0 Å². The summed E-state index contributed by atoms with van der Waals surface area (Å²) in [6.45, 7) is 4.14. The van der Waals surface area contributed by atoms with Crippen LogP contribution in [-0.2, 0) is 4.79 Å². The first kappa shape index (κ1) is 10.6. The van der Waals surface area contributed by atoms with Gasteiger partial charge < -0.3 is 5.11 Å². The van der Waals surface area contributed by atoms with Gasteiger partial charge in [-0.05, 0) is 24.3 Å². The Hall–Kier alpha value is -0.480. The zero-order chi connectivity index (χ0) is 9.73. The summed E-state index contributed by atoms with van der Waals surface area (Å²) in [5.41, 5.74) is -0.695.